The first-order valence-electron chi connectivity index (χ1n) is 6.50. The van der Waals surface area contributed by atoms with Crippen LogP contribution in [0, 0.1) is 0 Å². The summed E-state index contributed by atoms with van der Waals surface area (Å²) in [6.45, 7) is 0.739. The topological polar surface area (TPSA) is 12.0 Å². The van der Waals surface area contributed by atoms with E-state index in [-0.39, 0.29) is 0 Å². The third kappa shape index (κ3) is 3.25. The van der Waals surface area contributed by atoms with E-state index in [1.54, 1.807) is 0 Å². The highest BCUT2D eigenvalue weighted by Crippen LogP contribution is 2.30. The van der Waals surface area contributed by atoms with Crippen molar-refractivity contribution in [3.8, 4) is 0 Å². The summed E-state index contributed by atoms with van der Waals surface area (Å²) in [5.74, 6) is 0. The molecule has 0 radical (unpaired) electrons. The van der Waals surface area contributed by atoms with Crippen molar-refractivity contribution in [1.29, 1.82) is 0 Å². The Bertz CT molecular complexity index is 802. The Kier molecular flexibility index (Phi) is 4.53. The minimum Gasteiger partial charge on any atom is -0.380 e. The number of benzene rings is 3. The molecular weight excluding hydrogens is 413 g/mol. The van der Waals surface area contributed by atoms with Crippen molar-refractivity contribution in [2.24, 2.45) is 0 Å². The lowest BCUT2D eigenvalue weighted by Crippen LogP contribution is -2.00. The zero-order valence-corrected chi connectivity index (χ0v) is 15.0. The van der Waals surface area contributed by atoms with Crippen LogP contribution in [0.5, 0.6) is 0 Å². The Hall–Kier alpha value is -1.03. The minimum absolute atomic E-state index is 0.736. The van der Waals surface area contributed by atoms with Crippen molar-refractivity contribution in [3.63, 3.8) is 0 Å². The van der Waals surface area contributed by atoms with Gasteiger partial charge in [0.2, 0.25) is 0 Å². The first-order chi connectivity index (χ1) is 10.1. The highest BCUT2D eigenvalue weighted by atomic mass is 79.9. The van der Waals surface area contributed by atoms with Gasteiger partial charge < -0.3 is 5.32 Å². The highest BCUT2D eigenvalue weighted by molar-refractivity contribution is 9.11. The number of nitrogens with one attached hydrogen (secondary N) is 1. The Balaban J connectivity index is 1.90. The Morgan fingerprint density at radius 1 is 0.857 bits per heavy atom. The van der Waals surface area contributed by atoms with E-state index >= 15 is 0 Å². The van der Waals surface area contributed by atoms with Gasteiger partial charge in [0.15, 0.2) is 0 Å². The molecule has 0 fully saturated rings. The Labute approximate surface area is 145 Å². The normalized spacial score (nSPS) is 10.8. The van der Waals surface area contributed by atoms with Crippen LogP contribution < -0.4 is 5.32 Å². The van der Waals surface area contributed by atoms with Crippen molar-refractivity contribution < 1.29 is 0 Å². The molecule has 0 heterocycles. The third-order valence-corrected chi connectivity index (χ3v) is 5.02. The predicted octanol–water partition coefficient (Wildman–Crippen LogP) is 6.63. The third-order valence-electron chi connectivity index (χ3n) is 3.36. The lowest BCUT2D eigenvalue weighted by molar-refractivity contribution is 1.14. The number of halogens is 3. The van der Waals surface area contributed by atoms with Crippen molar-refractivity contribution >= 4 is 59.9 Å². The van der Waals surface area contributed by atoms with Crippen LogP contribution in [-0.2, 0) is 6.54 Å². The molecule has 0 atom stereocenters. The maximum Gasteiger partial charge on any atom is 0.0423 e. The van der Waals surface area contributed by atoms with Gasteiger partial charge in [-0.2, -0.15) is 0 Å². The van der Waals surface area contributed by atoms with Gasteiger partial charge in [-0.25, -0.2) is 0 Å². The number of hydrogen-bond acceptors (Lipinski definition) is 1. The molecule has 0 unspecified atom stereocenters. The van der Waals surface area contributed by atoms with Gasteiger partial charge in [0.1, 0.15) is 0 Å². The fourth-order valence-electron chi connectivity index (χ4n) is 2.27. The Morgan fingerprint density at radius 2 is 1.62 bits per heavy atom. The van der Waals surface area contributed by atoms with Crippen molar-refractivity contribution in [2.75, 3.05) is 5.32 Å². The molecule has 0 bridgehead atoms. The van der Waals surface area contributed by atoms with Crippen LogP contribution in [0.15, 0.2) is 63.5 Å². The van der Waals surface area contributed by atoms with Gasteiger partial charge in [0.05, 0.1) is 0 Å². The maximum atomic E-state index is 5.97. The number of hydrogen-bond donors (Lipinski definition) is 1. The van der Waals surface area contributed by atoms with Gasteiger partial charge in [0, 0.05) is 31.6 Å². The highest BCUT2D eigenvalue weighted by Gasteiger charge is 2.05. The van der Waals surface area contributed by atoms with Gasteiger partial charge in [-0.3, -0.25) is 0 Å². The lowest BCUT2D eigenvalue weighted by atomic mass is 10.1. The van der Waals surface area contributed by atoms with Crippen molar-refractivity contribution in [3.05, 3.63) is 74.1 Å². The van der Waals surface area contributed by atoms with Gasteiger partial charge >= 0.3 is 0 Å². The van der Waals surface area contributed by atoms with E-state index in [1.807, 2.05) is 24.3 Å². The summed E-state index contributed by atoms with van der Waals surface area (Å²) in [6.07, 6.45) is 0. The summed E-state index contributed by atoms with van der Waals surface area (Å²) in [6, 6.07) is 18.4. The van der Waals surface area contributed by atoms with E-state index in [0.29, 0.717) is 0 Å². The first kappa shape index (κ1) is 14.9. The standard InChI is InChI=1S/C17H12Br2ClN/c18-15-7-8-17(14-4-2-1-3-13(14)15)21-10-11-5-6-12(20)9-16(11)19/h1-9,21H,10H2. The van der Waals surface area contributed by atoms with Gasteiger partial charge in [-0.1, -0.05) is 73.8 Å². The smallest absolute Gasteiger partial charge is 0.0423 e. The molecule has 0 aliphatic heterocycles. The van der Waals surface area contributed by atoms with Crippen molar-refractivity contribution in [2.45, 2.75) is 6.54 Å². The number of rotatable bonds is 3. The maximum absolute atomic E-state index is 5.97. The van der Waals surface area contributed by atoms with Crippen molar-refractivity contribution in [1.82, 2.24) is 0 Å². The average Bonchev–Trinajstić information content (AvgIpc) is 2.48. The molecule has 1 N–H and O–H groups in total. The summed E-state index contributed by atoms with van der Waals surface area (Å²) >= 11 is 13.1. The second kappa shape index (κ2) is 6.39. The Morgan fingerprint density at radius 3 is 2.38 bits per heavy atom. The summed E-state index contributed by atoms with van der Waals surface area (Å²) in [4.78, 5) is 0. The molecule has 21 heavy (non-hydrogen) atoms. The van der Waals surface area contributed by atoms with E-state index in [9.17, 15) is 0 Å². The summed E-state index contributed by atoms with van der Waals surface area (Å²) in [7, 11) is 0. The van der Waals surface area contributed by atoms with Gasteiger partial charge in [0.25, 0.3) is 0 Å². The van der Waals surface area contributed by atoms with Crippen LogP contribution in [0.25, 0.3) is 10.8 Å². The van der Waals surface area contributed by atoms with Crippen LogP contribution in [-0.4, -0.2) is 0 Å². The summed E-state index contributed by atoms with van der Waals surface area (Å²) in [5, 5.41) is 6.65. The fraction of sp³-hybridized carbons (Fsp3) is 0.0588. The van der Waals surface area contributed by atoms with Gasteiger partial charge in [-0.05, 0) is 35.2 Å². The van der Waals surface area contributed by atoms with Crippen LogP contribution >= 0.6 is 43.5 Å². The molecule has 0 saturated heterocycles. The molecule has 4 heteroatoms. The molecule has 3 aromatic carbocycles. The molecule has 0 amide bonds. The molecule has 0 aliphatic carbocycles. The zero-order valence-electron chi connectivity index (χ0n) is 11.0. The quantitative estimate of drug-likeness (QED) is 0.497. The molecule has 3 rings (SSSR count). The van der Waals surface area contributed by atoms with E-state index < -0.39 is 0 Å². The SMILES string of the molecule is Clc1ccc(CNc2ccc(Br)c3ccccc23)c(Br)c1. The second-order valence-corrected chi connectivity index (χ2v) is 6.87. The van der Waals surface area contributed by atoms with Crippen LogP contribution in [0.4, 0.5) is 5.69 Å². The molecule has 0 aromatic heterocycles. The van der Waals surface area contributed by atoms with Crippen LogP contribution in [0.2, 0.25) is 5.02 Å². The van der Waals surface area contributed by atoms with E-state index in [4.69, 9.17) is 11.6 Å². The van der Waals surface area contributed by atoms with E-state index in [0.717, 1.165) is 26.2 Å². The van der Waals surface area contributed by atoms with Crippen LogP contribution in [0.1, 0.15) is 5.56 Å². The zero-order chi connectivity index (χ0) is 14.8. The molecule has 106 valence electrons. The lowest BCUT2D eigenvalue weighted by Gasteiger charge is -2.12. The predicted molar refractivity (Wildman–Crippen MR) is 98.1 cm³/mol. The van der Waals surface area contributed by atoms with Gasteiger partial charge in [-0.15, -0.1) is 0 Å². The number of fused-ring (bicyclic) bond motifs is 1. The molecule has 1 nitrogen and oxygen atoms in total. The monoisotopic (exact) mass is 423 g/mol. The summed E-state index contributed by atoms with van der Waals surface area (Å²) < 4.78 is 2.13. The minimum atomic E-state index is 0.736. The second-order valence-electron chi connectivity index (χ2n) is 4.73. The fourth-order valence-corrected chi connectivity index (χ4v) is 3.57. The van der Waals surface area contributed by atoms with E-state index in [1.165, 1.54) is 16.3 Å². The molecule has 0 saturated carbocycles. The van der Waals surface area contributed by atoms with E-state index in [2.05, 4.69) is 67.5 Å². The molecule has 0 aliphatic rings. The summed E-state index contributed by atoms with van der Waals surface area (Å²) in [5.41, 5.74) is 2.29. The molecular formula is C17H12Br2ClN. The first-order valence-corrected chi connectivity index (χ1v) is 8.46. The average molecular weight is 426 g/mol. The van der Waals surface area contributed by atoms with Crippen LogP contribution in [0.3, 0.4) is 0 Å². The number of anilines is 1. The largest absolute Gasteiger partial charge is 0.380 e. The molecule has 3 aromatic rings. The molecule has 0 spiro atoms.